The van der Waals surface area contributed by atoms with E-state index in [9.17, 15) is 8.42 Å². The minimum atomic E-state index is -3.53. The van der Waals surface area contributed by atoms with Gasteiger partial charge in [-0.3, -0.25) is 0 Å². The van der Waals surface area contributed by atoms with E-state index in [0.717, 1.165) is 0 Å². The first-order valence-electron chi connectivity index (χ1n) is 5.19. The number of nitrogens with two attached hydrogens (primary N) is 1. The van der Waals surface area contributed by atoms with Gasteiger partial charge in [-0.1, -0.05) is 13.8 Å². The maximum absolute atomic E-state index is 11.8. The van der Waals surface area contributed by atoms with Crippen LogP contribution in [0.4, 0.5) is 5.82 Å². The number of rotatable bonds is 5. The number of hydrogen-bond acceptors (Lipinski definition) is 4. The second-order valence-corrected chi connectivity index (χ2v) is 5.69. The Hall–Kier alpha value is -1.08. The largest absolute Gasteiger partial charge is 0.383 e. The second kappa shape index (κ2) is 4.84. The molecule has 16 heavy (non-hydrogen) atoms. The first kappa shape index (κ1) is 13.0. The van der Waals surface area contributed by atoms with Gasteiger partial charge in [0.05, 0.1) is 6.20 Å². The van der Waals surface area contributed by atoms with Crippen molar-refractivity contribution in [3.8, 4) is 0 Å². The molecule has 0 aromatic carbocycles. The number of anilines is 1. The van der Waals surface area contributed by atoms with E-state index in [2.05, 4.69) is 9.82 Å². The highest BCUT2D eigenvalue weighted by atomic mass is 32.2. The van der Waals surface area contributed by atoms with Crippen molar-refractivity contribution in [2.24, 2.45) is 5.92 Å². The lowest BCUT2D eigenvalue weighted by atomic mass is 10.2. The van der Waals surface area contributed by atoms with Crippen LogP contribution < -0.4 is 10.5 Å². The molecule has 7 heteroatoms. The average Bonchev–Trinajstić information content (AvgIpc) is 2.57. The minimum absolute atomic E-state index is 0.0509. The summed E-state index contributed by atoms with van der Waals surface area (Å²) in [5, 5.41) is 3.90. The molecule has 0 radical (unpaired) electrons. The molecule has 0 spiro atoms. The zero-order chi connectivity index (χ0) is 12.3. The van der Waals surface area contributed by atoms with E-state index < -0.39 is 10.0 Å². The van der Waals surface area contributed by atoms with E-state index in [-0.39, 0.29) is 16.6 Å². The van der Waals surface area contributed by atoms with Crippen molar-refractivity contribution in [1.29, 1.82) is 0 Å². The van der Waals surface area contributed by atoms with Crippen LogP contribution in [0.15, 0.2) is 11.1 Å². The van der Waals surface area contributed by atoms with E-state index >= 15 is 0 Å². The summed E-state index contributed by atoms with van der Waals surface area (Å²) in [5.74, 6) is 0.427. The van der Waals surface area contributed by atoms with Crippen LogP contribution in [-0.4, -0.2) is 24.7 Å². The molecule has 1 aromatic heterocycles. The zero-order valence-electron chi connectivity index (χ0n) is 9.77. The number of sulfonamides is 1. The van der Waals surface area contributed by atoms with Gasteiger partial charge < -0.3 is 5.73 Å². The van der Waals surface area contributed by atoms with Crippen molar-refractivity contribution in [2.45, 2.75) is 32.2 Å². The summed E-state index contributed by atoms with van der Waals surface area (Å²) in [6.07, 6.45) is 1.28. The van der Waals surface area contributed by atoms with E-state index in [1.807, 2.05) is 20.8 Å². The molecule has 0 fully saturated rings. The molecule has 0 amide bonds. The number of aryl methyl sites for hydroxylation is 1. The van der Waals surface area contributed by atoms with Gasteiger partial charge in [0, 0.05) is 13.1 Å². The molecule has 92 valence electrons. The highest BCUT2D eigenvalue weighted by Crippen LogP contribution is 2.17. The number of nitrogens with one attached hydrogen (secondary N) is 1. The van der Waals surface area contributed by atoms with Gasteiger partial charge in [-0.05, 0) is 12.8 Å². The molecule has 0 aliphatic heterocycles. The first-order valence-corrected chi connectivity index (χ1v) is 6.67. The number of nitrogens with zero attached hydrogens (tertiary/aromatic N) is 2. The summed E-state index contributed by atoms with van der Waals surface area (Å²) in [7, 11) is -3.53. The van der Waals surface area contributed by atoms with Gasteiger partial charge in [0.15, 0.2) is 0 Å². The van der Waals surface area contributed by atoms with Crippen molar-refractivity contribution in [3.63, 3.8) is 0 Å². The molecule has 3 N–H and O–H groups in total. The van der Waals surface area contributed by atoms with Gasteiger partial charge in [0.1, 0.15) is 10.7 Å². The van der Waals surface area contributed by atoms with Crippen LogP contribution in [0.1, 0.15) is 20.8 Å². The fourth-order valence-corrected chi connectivity index (χ4v) is 2.47. The Morgan fingerprint density at radius 1 is 1.56 bits per heavy atom. The smallest absolute Gasteiger partial charge is 0.245 e. The Morgan fingerprint density at radius 3 is 2.62 bits per heavy atom. The molecule has 1 rings (SSSR count). The van der Waals surface area contributed by atoms with Gasteiger partial charge in [0.25, 0.3) is 0 Å². The van der Waals surface area contributed by atoms with Gasteiger partial charge in [0.2, 0.25) is 10.0 Å². The van der Waals surface area contributed by atoms with Crippen LogP contribution in [0.3, 0.4) is 0 Å². The third-order valence-corrected chi connectivity index (χ3v) is 3.56. The number of hydrogen-bond donors (Lipinski definition) is 2. The molecule has 0 saturated heterocycles. The summed E-state index contributed by atoms with van der Waals surface area (Å²) in [4.78, 5) is 0.0509. The van der Waals surface area contributed by atoms with Crippen LogP contribution in [0.25, 0.3) is 0 Å². The predicted octanol–water partition coefficient (Wildman–Crippen LogP) is 0.419. The molecular weight excluding hydrogens is 228 g/mol. The monoisotopic (exact) mass is 246 g/mol. The molecule has 0 atom stereocenters. The quantitative estimate of drug-likeness (QED) is 0.788. The van der Waals surface area contributed by atoms with Crippen molar-refractivity contribution in [3.05, 3.63) is 6.20 Å². The molecule has 0 unspecified atom stereocenters. The zero-order valence-corrected chi connectivity index (χ0v) is 10.6. The molecule has 1 heterocycles. The summed E-state index contributed by atoms with van der Waals surface area (Å²) < 4.78 is 27.6. The number of aromatic nitrogens is 2. The summed E-state index contributed by atoms with van der Waals surface area (Å²) >= 11 is 0. The molecule has 0 aliphatic rings. The van der Waals surface area contributed by atoms with Crippen molar-refractivity contribution in [1.82, 2.24) is 14.5 Å². The molecular formula is C9H18N4O2S. The van der Waals surface area contributed by atoms with Crippen molar-refractivity contribution >= 4 is 15.8 Å². The van der Waals surface area contributed by atoms with Crippen molar-refractivity contribution < 1.29 is 8.42 Å². The van der Waals surface area contributed by atoms with E-state index in [1.165, 1.54) is 10.9 Å². The average molecular weight is 246 g/mol. The van der Waals surface area contributed by atoms with Crippen LogP contribution >= 0.6 is 0 Å². The third kappa shape index (κ3) is 2.73. The SMILES string of the molecule is CCn1ncc(S(=O)(=O)NCC(C)C)c1N. The normalized spacial score (nSPS) is 12.2. The van der Waals surface area contributed by atoms with Crippen LogP contribution in [0, 0.1) is 5.92 Å². The maximum Gasteiger partial charge on any atom is 0.245 e. The van der Waals surface area contributed by atoms with Gasteiger partial charge in [-0.15, -0.1) is 0 Å². The highest BCUT2D eigenvalue weighted by Gasteiger charge is 2.20. The first-order chi connectivity index (χ1) is 7.38. The summed E-state index contributed by atoms with van der Waals surface area (Å²) in [6, 6.07) is 0. The molecule has 6 nitrogen and oxygen atoms in total. The Bertz CT molecular complexity index is 450. The molecule has 0 aliphatic carbocycles. The lowest BCUT2D eigenvalue weighted by Gasteiger charge is -2.08. The maximum atomic E-state index is 11.8. The fourth-order valence-electron chi connectivity index (χ4n) is 1.19. The lowest BCUT2D eigenvalue weighted by Crippen LogP contribution is -2.28. The summed E-state index contributed by atoms with van der Waals surface area (Å²) in [6.45, 7) is 6.65. The topological polar surface area (TPSA) is 90.0 Å². The van der Waals surface area contributed by atoms with Crippen LogP contribution in [-0.2, 0) is 16.6 Å². The second-order valence-electron chi connectivity index (χ2n) is 3.96. The Kier molecular flexibility index (Phi) is 3.93. The minimum Gasteiger partial charge on any atom is -0.383 e. The Morgan fingerprint density at radius 2 is 2.19 bits per heavy atom. The van der Waals surface area contributed by atoms with E-state index in [0.29, 0.717) is 13.1 Å². The molecule has 0 saturated carbocycles. The van der Waals surface area contributed by atoms with Crippen LogP contribution in [0.2, 0.25) is 0 Å². The van der Waals surface area contributed by atoms with Gasteiger partial charge in [-0.25, -0.2) is 17.8 Å². The van der Waals surface area contributed by atoms with Gasteiger partial charge in [-0.2, -0.15) is 5.10 Å². The lowest BCUT2D eigenvalue weighted by molar-refractivity contribution is 0.560. The Balaban J connectivity index is 2.94. The summed E-state index contributed by atoms with van der Waals surface area (Å²) in [5.41, 5.74) is 5.69. The third-order valence-electron chi connectivity index (χ3n) is 2.12. The number of nitrogen functional groups attached to an aromatic ring is 1. The van der Waals surface area contributed by atoms with Gasteiger partial charge >= 0.3 is 0 Å². The molecule has 1 aromatic rings. The Labute approximate surface area is 95.9 Å². The van der Waals surface area contributed by atoms with Crippen LogP contribution in [0.5, 0.6) is 0 Å². The van der Waals surface area contributed by atoms with Crippen molar-refractivity contribution in [2.75, 3.05) is 12.3 Å². The van der Waals surface area contributed by atoms with E-state index in [1.54, 1.807) is 0 Å². The van der Waals surface area contributed by atoms with E-state index in [4.69, 9.17) is 5.73 Å². The predicted molar refractivity (Wildman–Crippen MR) is 62.3 cm³/mol. The highest BCUT2D eigenvalue weighted by molar-refractivity contribution is 7.89. The molecule has 0 bridgehead atoms. The fraction of sp³-hybridized carbons (Fsp3) is 0.667. The standard InChI is InChI=1S/C9H18N4O2S/c1-4-13-9(10)8(6-11-13)16(14,15)12-5-7(2)3/h6-7,12H,4-5,10H2,1-3H3.